The third kappa shape index (κ3) is 4.86. The number of hydrogen-bond acceptors (Lipinski definition) is 7. The summed E-state index contributed by atoms with van der Waals surface area (Å²) in [7, 11) is 1.46. The molecule has 2 N–H and O–H groups in total. The second-order valence-corrected chi connectivity index (χ2v) is 8.28. The lowest BCUT2D eigenvalue weighted by Crippen LogP contribution is -2.41. The highest BCUT2D eigenvalue weighted by Crippen LogP contribution is 2.29. The Morgan fingerprint density at radius 2 is 2.25 bits per heavy atom. The molecule has 0 aromatic carbocycles. The van der Waals surface area contributed by atoms with Crippen LogP contribution in [0.2, 0.25) is 0 Å². The van der Waals surface area contributed by atoms with E-state index in [-0.39, 0.29) is 5.91 Å². The number of aromatic nitrogens is 3. The first-order valence-corrected chi connectivity index (χ1v) is 10.3. The number of carbonyl (C=O) groups excluding carboxylic acids is 2. The highest BCUT2D eigenvalue weighted by Gasteiger charge is 2.26. The Bertz CT molecular complexity index is 806. The molecule has 3 rings (SSSR count). The van der Waals surface area contributed by atoms with Crippen LogP contribution in [0.4, 0.5) is 10.7 Å². The first-order valence-electron chi connectivity index (χ1n) is 9.37. The number of amides is 3. The van der Waals surface area contributed by atoms with E-state index in [2.05, 4.69) is 32.7 Å². The van der Waals surface area contributed by atoms with Gasteiger partial charge in [-0.1, -0.05) is 18.7 Å². The van der Waals surface area contributed by atoms with E-state index in [1.165, 1.54) is 25.2 Å². The maximum absolute atomic E-state index is 12.2. The number of piperidine rings is 1. The average molecular weight is 407 g/mol. The van der Waals surface area contributed by atoms with Gasteiger partial charge in [0.25, 0.3) is 0 Å². The van der Waals surface area contributed by atoms with E-state index >= 15 is 0 Å². The van der Waals surface area contributed by atoms with Gasteiger partial charge in [-0.3, -0.25) is 14.7 Å². The van der Waals surface area contributed by atoms with Gasteiger partial charge in [0.1, 0.15) is 5.76 Å². The molecule has 9 nitrogen and oxygen atoms in total. The second kappa shape index (κ2) is 9.13. The van der Waals surface area contributed by atoms with Gasteiger partial charge in [0, 0.05) is 20.1 Å². The predicted molar refractivity (Wildman–Crippen MR) is 106 cm³/mol. The minimum Gasteiger partial charge on any atom is -0.467 e. The number of nitrogens with zero attached hydrogens (tertiary/aromatic N) is 4. The summed E-state index contributed by atoms with van der Waals surface area (Å²) in [5, 5.41) is 13.5. The normalized spacial score (nSPS) is 18.0. The SMILES string of the molecule is CNC(=O)NC(=O)[C@H](C)Sc1nnc(N2CCC[C@@H](C)C2)n1Cc1ccco1. The largest absolute Gasteiger partial charge is 0.467 e. The molecule has 1 fully saturated rings. The zero-order valence-electron chi connectivity index (χ0n) is 16.3. The third-order valence-electron chi connectivity index (χ3n) is 4.65. The molecule has 0 bridgehead atoms. The number of furan rings is 1. The van der Waals surface area contributed by atoms with Crippen LogP contribution in [-0.4, -0.2) is 52.1 Å². The van der Waals surface area contributed by atoms with Crippen molar-refractivity contribution >= 4 is 29.6 Å². The molecule has 3 amide bonds. The summed E-state index contributed by atoms with van der Waals surface area (Å²) < 4.78 is 7.49. The molecule has 152 valence electrons. The average Bonchev–Trinajstić information content (AvgIpc) is 3.32. The molecule has 2 atom stereocenters. The molecule has 0 spiro atoms. The van der Waals surface area contributed by atoms with Crippen molar-refractivity contribution in [3.05, 3.63) is 24.2 Å². The van der Waals surface area contributed by atoms with Crippen LogP contribution in [0.3, 0.4) is 0 Å². The number of nitrogens with one attached hydrogen (secondary N) is 2. The van der Waals surface area contributed by atoms with Crippen molar-refractivity contribution in [3.63, 3.8) is 0 Å². The van der Waals surface area contributed by atoms with Gasteiger partial charge in [0.2, 0.25) is 11.9 Å². The molecule has 2 aromatic heterocycles. The number of imide groups is 1. The van der Waals surface area contributed by atoms with Crippen molar-refractivity contribution in [2.24, 2.45) is 5.92 Å². The molecule has 1 saturated heterocycles. The molecule has 10 heteroatoms. The van der Waals surface area contributed by atoms with Crippen molar-refractivity contribution < 1.29 is 14.0 Å². The van der Waals surface area contributed by atoms with Crippen molar-refractivity contribution in [1.29, 1.82) is 0 Å². The van der Waals surface area contributed by atoms with Crippen LogP contribution in [0.1, 0.15) is 32.4 Å². The molecule has 0 aliphatic carbocycles. The Balaban J connectivity index is 1.81. The molecule has 2 aromatic rings. The highest BCUT2D eigenvalue weighted by atomic mass is 32.2. The van der Waals surface area contributed by atoms with Crippen LogP contribution in [0.25, 0.3) is 0 Å². The van der Waals surface area contributed by atoms with E-state index in [4.69, 9.17) is 4.42 Å². The number of hydrogen-bond donors (Lipinski definition) is 2. The van der Waals surface area contributed by atoms with Crippen LogP contribution in [-0.2, 0) is 11.3 Å². The van der Waals surface area contributed by atoms with E-state index in [1.54, 1.807) is 13.2 Å². The molecular weight excluding hydrogens is 380 g/mol. The number of thioether (sulfide) groups is 1. The van der Waals surface area contributed by atoms with Gasteiger partial charge in [-0.15, -0.1) is 10.2 Å². The first kappa shape index (κ1) is 20.2. The van der Waals surface area contributed by atoms with Gasteiger partial charge in [-0.25, -0.2) is 4.79 Å². The van der Waals surface area contributed by atoms with Crippen LogP contribution in [0, 0.1) is 5.92 Å². The van der Waals surface area contributed by atoms with E-state index < -0.39 is 11.3 Å². The Hall–Kier alpha value is -2.49. The fourth-order valence-corrected chi connectivity index (χ4v) is 4.00. The minimum absolute atomic E-state index is 0.384. The Kier molecular flexibility index (Phi) is 6.61. The lowest BCUT2D eigenvalue weighted by molar-refractivity contribution is -0.119. The predicted octanol–water partition coefficient (Wildman–Crippen LogP) is 2.09. The molecule has 28 heavy (non-hydrogen) atoms. The maximum atomic E-state index is 12.2. The lowest BCUT2D eigenvalue weighted by Gasteiger charge is -2.31. The summed E-state index contributed by atoms with van der Waals surface area (Å²) >= 11 is 1.27. The van der Waals surface area contributed by atoms with Gasteiger partial charge in [-0.05, 0) is 37.8 Å². The Morgan fingerprint density at radius 3 is 2.93 bits per heavy atom. The smallest absolute Gasteiger partial charge is 0.321 e. The number of urea groups is 1. The maximum Gasteiger partial charge on any atom is 0.321 e. The first-order chi connectivity index (χ1) is 13.5. The summed E-state index contributed by atoms with van der Waals surface area (Å²) in [6.45, 7) is 6.30. The second-order valence-electron chi connectivity index (χ2n) is 6.97. The molecule has 0 saturated carbocycles. The van der Waals surface area contributed by atoms with Gasteiger partial charge < -0.3 is 14.6 Å². The van der Waals surface area contributed by atoms with Crippen molar-refractivity contribution in [1.82, 2.24) is 25.4 Å². The summed E-state index contributed by atoms with van der Waals surface area (Å²) in [5.41, 5.74) is 0. The van der Waals surface area contributed by atoms with Gasteiger partial charge in [0.05, 0.1) is 18.1 Å². The summed E-state index contributed by atoms with van der Waals surface area (Å²) in [6.07, 6.45) is 3.96. The highest BCUT2D eigenvalue weighted by molar-refractivity contribution is 8.00. The monoisotopic (exact) mass is 406 g/mol. The zero-order chi connectivity index (χ0) is 20.1. The quantitative estimate of drug-likeness (QED) is 0.708. The fourth-order valence-electron chi connectivity index (χ4n) is 3.16. The van der Waals surface area contributed by atoms with Crippen LogP contribution < -0.4 is 15.5 Å². The molecule has 3 heterocycles. The van der Waals surface area contributed by atoms with E-state index in [0.29, 0.717) is 17.6 Å². The van der Waals surface area contributed by atoms with Crippen LogP contribution in [0.5, 0.6) is 0 Å². The Labute approximate surface area is 168 Å². The Morgan fingerprint density at radius 1 is 1.43 bits per heavy atom. The number of carbonyl (C=O) groups is 2. The molecule has 0 unspecified atom stereocenters. The lowest BCUT2D eigenvalue weighted by atomic mass is 10.0. The standard InChI is InChI=1S/C18H26N6O3S/c1-12-6-4-8-23(10-12)17-21-22-18(24(17)11-14-7-5-9-27-14)28-13(2)15(25)20-16(26)19-3/h5,7,9,12-13H,4,6,8,10-11H2,1-3H3,(H2,19,20,25,26)/t12-,13+/m1/s1. The van der Waals surface area contributed by atoms with Gasteiger partial charge in [-0.2, -0.15) is 0 Å². The topological polar surface area (TPSA) is 105 Å². The molecule has 0 radical (unpaired) electrons. The number of rotatable bonds is 6. The molecule has 1 aliphatic heterocycles. The summed E-state index contributed by atoms with van der Waals surface area (Å²) in [4.78, 5) is 25.9. The van der Waals surface area contributed by atoms with Crippen molar-refractivity contribution in [2.45, 2.75) is 43.6 Å². The minimum atomic E-state index is -0.530. The van der Waals surface area contributed by atoms with Gasteiger partial charge in [0.15, 0.2) is 5.16 Å². The summed E-state index contributed by atoms with van der Waals surface area (Å²) in [5.74, 6) is 1.78. The van der Waals surface area contributed by atoms with E-state index in [0.717, 1.165) is 31.2 Å². The van der Waals surface area contributed by atoms with Crippen LogP contribution in [0.15, 0.2) is 28.0 Å². The third-order valence-corrected chi connectivity index (χ3v) is 5.73. The summed E-state index contributed by atoms with van der Waals surface area (Å²) in [6, 6.07) is 3.21. The van der Waals surface area contributed by atoms with Gasteiger partial charge >= 0.3 is 6.03 Å². The van der Waals surface area contributed by atoms with E-state index in [9.17, 15) is 9.59 Å². The van der Waals surface area contributed by atoms with Crippen LogP contribution >= 0.6 is 11.8 Å². The zero-order valence-corrected chi connectivity index (χ0v) is 17.2. The van der Waals surface area contributed by atoms with E-state index in [1.807, 2.05) is 16.7 Å². The number of anilines is 1. The fraction of sp³-hybridized carbons (Fsp3) is 0.556. The van der Waals surface area contributed by atoms with Crippen molar-refractivity contribution in [3.8, 4) is 0 Å². The van der Waals surface area contributed by atoms with Crippen molar-refractivity contribution in [2.75, 3.05) is 25.0 Å². The molecule has 1 aliphatic rings. The molecular formula is C18H26N6O3S.